The quantitative estimate of drug-likeness (QED) is 0.872. The molecule has 0 aliphatic heterocycles. The van der Waals surface area contributed by atoms with Crippen LogP contribution in [0, 0.1) is 0 Å². The number of allylic oxidation sites excluding steroid dienone is 1. The summed E-state index contributed by atoms with van der Waals surface area (Å²) in [5.74, 6) is 0.679. The molecule has 1 rings (SSSR count). The standard InChI is InChI=1S/C11H15NO3S/c1-3-11(16(12,13)14)8-9-5-4-6-10(7-9)15-2/h4-8H,3H2,1-2H3,(H2,12,13,14)/b11-8+. The number of rotatable bonds is 4. The first-order valence-electron chi connectivity index (χ1n) is 4.84. The van der Waals surface area contributed by atoms with Gasteiger partial charge in [-0.3, -0.25) is 0 Å². The summed E-state index contributed by atoms with van der Waals surface area (Å²) in [5.41, 5.74) is 0.755. The van der Waals surface area contributed by atoms with Crippen molar-refractivity contribution in [2.45, 2.75) is 13.3 Å². The first kappa shape index (κ1) is 12.7. The number of hydrogen-bond acceptors (Lipinski definition) is 3. The number of primary sulfonamides is 1. The van der Waals surface area contributed by atoms with Crippen LogP contribution >= 0.6 is 0 Å². The Balaban J connectivity index is 3.14. The topological polar surface area (TPSA) is 69.4 Å². The number of nitrogens with two attached hydrogens (primary N) is 1. The maximum Gasteiger partial charge on any atom is 0.234 e. The van der Waals surface area contributed by atoms with Gasteiger partial charge in [0.1, 0.15) is 5.75 Å². The number of methoxy groups -OCH3 is 1. The molecule has 16 heavy (non-hydrogen) atoms. The highest BCUT2D eigenvalue weighted by Crippen LogP contribution is 2.17. The van der Waals surface area contributed by atoms with E-state index in [9.17, 15) is 8.42 Å². The Morgan fingerprint density at radius 1 is 1.50 bits per heavy atom. The SMILES string of the molecule is CC/C(=C\c1cccc(OC)c1)S(N)(=O)=O. The Kier molecular flexibility index (Phi) is 4.09. The first-order chi connectivity index (χ1) is 7.47. The number of sulfonamides is 1. The van der Waals surface area contributed by atoms with Crippen molar-refractivity contribution in [3.63, 3.8) is 0 Å². The molecule has 0 atom stereocenters. The van der Waals surface area contributed by atoms with Crippen LogP contribution in [-0.4, -0.2) is 15.5 Å². The molecule has 1 aromatic rings. The van der Waals surface area contributed by atoms with Gasteiger partial charge >= 0.3 is 0 Å². The minimum atomic E-state index is -3.61. The molecule has 0 aliphatic carbocycles. The lowest BCUT2D eigenvalue weighted by Crippen LogP contribution is -2.13. The van der Waals surface area contributed by atoms with Gasteiger partial charge in [0.25, 0.3) is 0 Å². The van der Waals surface area contributed by atoms with E-state index < -0.39 is 10.0 Å². The molecule has 1 aromatic carbocycles. The minimum Gasteiger partial charge on any atom is -0.497 e. The maximum atomic E-state index is 11.2. The van der Waals surface area contributed by atoms with Crippen LogP contribution in [0.1, 0.15) is 18.9 Å². The van der Waals surface area contributed by atoms with Crippen LogP contribution in [0.4, 0.5) is 0 Å². The van der Waals surface area contributed by atoms with Crippen LogP contribution in [0.2, 0.25) is 0 Å². The Hall–Kier alpha value is -1.33. The van der Waals surface area contributed by atoms with Crippen LogP contribution in [0.25, 0.3) is 6.08 Å². The second-order valence-electron chi connectivity index (χ2n) is 3.29. The van der Waals surface area contributed by atoms with E-state index in [0.29, 0.717) is 12.2 Å². The van der Waals surface area contributed by atoms with E-state index >= 15 is 0 Å². The predicted molar refractivity (Wildman–Crippen MR) is 64.4 cm³/mol. The predicted octanol–water partition coefficient (Wildman–Crippen LogP) is 1.73. The molecule has 0 aromatic heterocycles. The molecular formula is C11H15NO3S. The van der Waals surface area contributed by atoms with Gasteiger partial charge in [-0.1, -0.05) is 19.1 Å². The van der Waals surface area contributed by atoms with Gasteiger partial charge in [-0.2, -0.15) is 0 Å². The molecule has 0 bridgehead atoms. The zero-order valence-corrected chi connectivity index (χ0v) is 10.1. The van der Waals surface area contributed by atoms with Crippen LogP contribution in [0.3, 0.4) is 0 Å². The van der Waals surface area contributed by atoms with Crippen molar-refractivity contribution in [1.82, 2.24) is 0 Å². The number of benzene rings is 1. The molecular weight excluding hydrogens is 226 g/mol. The van der Waals surface area contributed by atoms with E-state index in [0.717, 1.165) is 5.56 Å². The lowest BCUT2D eigenvalue weighted by atomic mass is 10.2. The summed E-state index contributed by atoms with van der Waals surface area (Å²) in [6.45, 7) is 1.75. The highest BCUT2D eigenvalue weighted by molar-refractivity contribution is 7.93. The molecule has 0 spiro atoms. The van der Waals surface area contributed by atoms with Crippen molar-refractivity contribution in [2.75, 3.05) is 7.11 Å². The monoisotopic (exact) mass is 241 g/mol. The summed E-state index contributed by atoms with van der Waals surface area (Å²) < 4.78 is 27.4. The lowest BCUT2D eigenvalue weighted by Gasteiger charge is -2.03. The van der Waals surface area contributed by atoms with Crippen LogP contribution < -0.4 is 9.88 Å². The molecule has 5 heteroatoms. The van der Waals surface area contributed by atoms with E-state index in [1.165, 1.54) is 0 Å². The Morgan fingerprint density at radius 3 is 2.69 bits per heavy atom. The summed E-state index contributed by atoms with van der Waals surface area (Å²) in [4.78, 5) is 0.209. The van der Waals surface area contributed by atoms with E-state index in [1.54, 1.807) is 44.4 Å². The molecule has 0 heterocycles. The molecule has 0 saturated carbocycles. The fourth-order valence-electron chi connectivity index (χ4n) is 1.30. The molecule has 0 radical (unpaired) electrons. The summed E-state index contributed by atoms with van der Waals surface area (Å²) in [6.07, 6.45) is 1.92. The third-order valence-corrected chi connectivity index (χ3v) is 3.27. The van der Waals surface area contributed by atoms with E-state index in [1.807, 2.05) is 0 Å². The Morgan fingerprint density at radius 2 is 2.19 bits per heavy atom. The summed E-state index contributed by atoms with van der Waals surface area (Å²) in [5, 5.41) is 5.08. The average Bonchev–Trinajstić information content (AvgIpc) is 2.24. The normalized spacial score (nSPS) is 12.6. The van der Waals surface area contributed by atoms with Crippen molar-refractivity contribution in [3.8, 4) is 5.75 Å². The zero-order valence-electron chi connectivity index (χ0n) is 9.30. The van der Waals surface area contributed by atoms with Crippen molar-refractivity contribution in [2.24, 2.45) is 5.14 Å². The van der Waals surface area contributed by atoms with Gasteiger partial charge in [0.15, 0.2) is 0 Å². The van der Waals surface area contributed by atoms with Crippen molar-refractivity contribution in [1.29, 1.82) is 0 Å². The van der Waals surface area contributed by atoms with Crippen LogP contribution in [0.15, 0.2) is 29.2 Å². The van der Waals surface area contributed by atoms with Crippen LogP contribution in [0.5, 0.6) is 5.75 Å². The second-order valence-corrected chi connectivity index (χ2v) is 4.90. The van der Waals surface area contributed by atoms with Gasteiger partial charge in [-0.25, -0.2) is 13.6 Å². The van der Waals surface area contributed by atoms with Crippen molar-refractivity contribution < 1.29 is 13.2 Å². The van der Waals surface area contributed by atoms with Gasteiger partial charge < -0.3 is 4.74 Å². The van der Waals surface area contributed by atoms with Gasteiger partial charge in [0.2, 0.25) is 10.0 Å². The zero-order chi connectivity index (χ0) is 12.2. The second kappa shape index (κ2) is 5.14. The maximum absolute atomic E-state index is 11.2. The van der Waals surface area contributed by atoms with E-state index in [4.69, 9.17) is 9.88 Å². The molecule has 4 nitrogen and oxygen atoms in total. The molecule has 2 N–H and O–H groups in total. The highest BCUT2D eigenvalue weighted by atomic mass is 32.2. The lowest BCUT2D eigenvalue weighted by molar-refractivity contribution is 0.414. The van der Waals surface area contributed by atoms with Gasteiger partial charge in [0.05, 0.1) is 12.0 Å². The third-order valence-electron chi connectivity index (χ3n) is 2.14. The molecule has 0 aliphatic rings. The summed E-state index contributed by atoms with van der Waals surface area (Å²) in [6, 6.07) is 7.13. The van der Waals surface area contributed by atoms with E-state index in [-0.39, 0.29) is 4.91 Å². The largest absolute Gasteiger partial charge is 0.497 e. The Bertz CT molecular complexity index is 492. The highest BCUT2D eigenvalue weighted by Gasteiger charge is 2.09. The molecule has 0 unspecified atom stereocenters. The molecule has 88 valence electrons. The number of ether oxygens (including phenoxy) is 1. The fraction of sp³-hybridized carbons (Fsp3) is 0.273. The van der Waals surface area contributed by atoms with Crippen molar-refractivity contribution in [3.05, 3.63) is 34.7 Å². The average molecular weight is 241 g/mol. The van der Waals surface area contributed by atoms with Crippen molar-refractivity contribution >= 4 is 16.1 Å². The third kappa shape index (κ3) is 3.36. The first-order valence-corrected chi connectivity index (χ1v) is 6.39. The van der Waals surface area contributed by atoms with Crippen LogP contribution in [-0.2, 0) is 10.0 Å². The fourth-order valence-corrected chi connectivity index (χ4v) is 2.01. The van der Waals surface area contributed by atoms with Gasteiger partial charge in [0, 0.05) is 0 Å². The molecule has 0 amide bonds. The minimum absolute atomic E-state index is 0.209. The smallest absolute Gasteiger partial charge is 0.234 e. The van der Waals surface area contributed by atoms with Gasteiger partial charge in [-0.05, 0) is 30.2 Å². The number of hydrogen-bond donors (Lipinski definition) is 1. The summed E-state index contributed by atoms with van der Waals surface area (Å²) in [7, 11) is -2.05. The van der Waals surface area contributed by atoms with E-state index in [2.05, 4.69) is 0 Å². The molecule has 0 saturated heterocycles. The molecule has 0 fully saturated rings. The Labute approximate surface area is 95.8 Å². The summed E-state index contributed by atoms with van der Waals surface area (Å²) >= 11 is 0. The van der Waals surface area contributed by atoms with Gasteiger partial charge in [-0.15, -0.1) is 0 Å².